The first-order valence-corrected chi connectivity index (χ1v) is 13.5. The number of aryl methyl sites for hydroxylation is 2. The fourth-order valence-corrected chi connectivity index (χ4v) is 6.27. The van der Waals surface area contributed by atoms with Crippen LogP contribution in [-0.4, -0.2) is 67.2 Å². The van der Waals surface area contributed by atoms with Gasteiger partial charge in [-0.3, -0.25) is 4.90 Å². The second-order valence-electron chi connectivity index (χ2n) is 9.31. The van der Waals surface area contributed by atoms with Crippen molar-refractivity contribution in [1.29, 1.82) is 0 Å². The number of hydrogen-bond acceptors (Lipinski definition) is 8. The molecule has 1 aliphatic heterocycles. The van der Waals surface area contributed by atoms with Gasteiger partial charge in [-0.05, 0) is 54.4 Å². The summed E-state index contributed by atoms with van der Waals surface area (Å²) in [5.41, 5.74) is 4.36. The van der Waals surface area contributed by atoms with E-state index in [-0.39, 0.29) is 23.4 Å². The summed E-state index contributed by atoms with van der Waals surface area (Å²) in [4.78, 5) is 3.45. The third kappa shape index (κ3) is 4.38. The standard InChI is InChI=1S/C25H25FN8O3S/c1-17-11-23-18(13-28-34(23)21-5-3-19(26)4-6-21)12-22(17)24-16-33(38(35,36)25-14-27-31(2)29-25)9-8-32(24)15-20-7-10-37-30-20/h3-7,10-14,24H,8-9,15-16H2,1-2H3/t24-/m0/s1. The Balaban J connectivity index is 1.39. The molecule has 5 aromatic rings. The van der Waals surface area contributed by atoms with Crippen LogP contribution in [0, 0.1) is 12.7 Å². The number of sulfonamides is 1. The van der Waals surface area contributed by atoms with Gasteiger partial charge in [0.1, 0.15) is 12.1 Å². The molecule has 3 aromatic heterocycles. The molecule has 13 heteroatoms. The van der Waals surface area contributed by atoms with Crippen LogP contribution in [0.3, 0.4) is 0 Å². The molecule has 6 rings (SSSR count). The van der Waals surface area contributed by atoms with Gasteiger partial charge in [0.05, 0.1) is 29.3 Å². The summed E-state index contributed by atoms with van der Waals surface area (Å²) < 4.78 is 48.5. The predicted octanol–water partition coefficient (Wildman–Crippen LogP) is 2.84. The fourth-order valence-electron chi connectivity index (χ4n) is 4.95. The van der Waals surface area contributed by atoms with E-state index in [9.17, 15) is 12.8 Å². The molecule has 0 N–H and O–H groups in total. The number of hydrogen-bond donors (Lipinski definition) is 0. The number of rotatable bonds is 6. The van der Waals surface area contributed by atoms with E-state index in [0.717, 1.165) is 33.4 Å². The minimum atomic E-state index is -3.83. The minimum absolute atomic E-state index is 0.0727. The van der Waals surface area contributed by atoms with Gasteiger partial charge in [0, 0.05) is 50.7 Å². The van der Waals surface area contributed by atoms with E-state index in [0.29, 0.717) is 19.6 Å². The molecule has 11 nitrogen and oxygen atoms in total. The second-order valence-corrected chi connectivity index (χ2v) is 11.2. The third-order valence-electron chi connectivity index (χ3n) is 6.88. The maximum atomic E-state index is 13.5. The predicted molar refractivity (Wildman–Crippen MR) is 135 cm³/mol. The summed E-state index contributed by atoms with van der Waals surface area (Å²) >= 11 is 0. The Morgan fingerprint density at radius 1 is 1.08 bits per heavy atom. The van der Waals surface area contributed by atoms with Crippen molar-refractivity contribution in [2.24, 2.45) is 7.05 Å². The molecule has 0 saturated carbocycles. The average molecular weight is 537 g/mol. The van der Waals surface area contributed by atoms with Gasteiger partial charge >= 0.3 is 0 Å². The maximum Gasteiger partial charge on any atom is 0.264 e. The molecule has 2 aromatic carbocycles. The van der Waals surface area contributed by atoms with Crippen molar-refractivity contribution in [3.8, 4) is 5.69 Å². The summed E-state index contributed by atoms with van der Waals surface area (Å²) in [6.07, 6.45) is 4.56. The molecule has 1 fully saturated rings. The van der Waals surface area contributed by atoms with E-state index < -0.39 is 10.0 Å². The van der Waals surface area contributed by atoms with E-state index in [1.165, 1.54) is 33.7 Å². The molecule has 0 spiro atoms. The van der Waals surface area contributed by atoms with Gasteiger partial charge in [-0.25, -0.2) is 17.5 Å². The van der Waals surface area contributed by atoms with Crippen molar-refractivity contribution in [2.45, 2.75) is 24.5 Å². The molecule has 4 heterocycles. The summed E-state index contributed by atoms with van der Waals surface area (Å²) in [5.74, 6) is -0.311. The highest BCUT2D eigenvalue weighted by molar-refractivity contribution is 7.89. The Morgan fingerprint density at radius 3 is 2.61 bits per heavy atom. The SMILES string of the molecule is Cc1cc2c(cnn2-c2ccc(F)cc2)cc1[C@@H]1CN(S(=O)(=O)c2cnn(C)n2)CCN1Cc1ccon1. The number of aromatic nitrogens is 6. The Bertz CT molecular complexity index is 1700. The fraction of sp³-hybridized carbons (Fsp3) is 0.280. The Labute approximate surface area is 218 Å². The van der Waals surface area contributed by atoms with Crippen LogP contribution in [0.1, 0.15) is 22.9 Å². The highest BCUT2D eigenvalue weighted by Gasteiger charge is 2.37. The zero-order chi connectivity index (χ0) is 26.4. The van der Waals surface area contributed by atoms with Gasteiger partial charge in [0.25, 0.3) is 10.0 Å². The molecule has 1 atom stereocenters. The topological polar surface area (TPSA) is 115 Å². The lowest BCUT2D eigenvalue weighted by molar-refractivity contribution is 0.107. The number of fused-ring (bicyclic) bond motifs is 1. The summed E-state index contributed by atoms with van der Waals surface area (Å²) in [6.45, 7) is 3.53. The van der Waals surface area contributed by atoms with Crippen LogP contribution in [0.2, 0.25) is 0 Å². The number of halogens is 1. The third-order valence-corrected chi connectivity index (χ3v) is 8.61. The van der Waals surface area contributed by atoms with E-state index >= 15 is 0 Å². The number of nitrogens with zero attached hydrogens (tertiary/aromatic N) is 8. The Morgan fingerprint density at radius 2 is 1.89 bits per heavy atom. The smallest absolute Gasteiger partial charge is 0.264 e. The van der Waals surface area contributed by atoms with Gasteiger partial charge in [-0.1, -0.05) is 5.16 Å². The first-order valence-electron chi connectivity index (χ1n) is 12.0. The first-order chi connectivity index (χ1) is 18.3. The van der Waals surface area contributed by atoms with Crippen LogP contribution in [-0.2, 0) is 23.6 Å². The maximum absolute atomic E-state index is 13.5. The molecular weight excluding hydrogens is 511 g/mol. The molecule has 0 aliphatic carbocycles. The second kappa shape index (κ2) is 9.42. The quantitative estimate of drug-likeness (QED) is 0.325. The van der Waals surface area contributed by atoms with E-state index in [1.807, 2.05) is 19.1 Å². The molecule has 1 aliphatic rings. The van der Waals surface area contributed by atoms with Gasteiger partial charge in [0.15, 0.2) is 0 Å². The van der Waals surface area contributed by atoms with Gasteiger partial charge in [0.2, 0.25) is 5.03 Å². The monoisotopic (exact) mass is 536 g/mol. The van der Waals surface area contributed by atoms with Crippen molar-refractivity contribution in [1.82, 2.24) is 39.1 Å². The minimum Gasteiger partial charge on any atom is -0.364 e. The van der Waals surface area contributed by atoms with Crippen molar-refractivity contribution in [2.75, 3.05) is 19.6 Å². The zero-order valence-electron chi connectivity index (χ0n) is 20.8. The van der Waals surface area contributed by atoms with Gasteiger partial charge in [-0.15, -0.1) is 5.10 Å². The molecule has 0 amide bonds. The molecule has 0 unspecified atom stereocenters. The molecule has 196 valence electrons. The highest BCUT2D eigenvalue weighted by Crippen LogP contribution is 2.34. The van der Waals surface area contributed by atoms with E-state index in [2.05, 4.69) is 31.4 Å². The van der Waals surface area contributed by atoms with Crippen molar-refractivity contribution in [3.05, 3.63) is 83.8 Å². The average Bonchev–Trinajstić information content (AvgIpc) is 3.66. The summed E-state index contributed by atoms with van der Waals surface area (Å²) in [6, 6.07) is 11.8. The molecule has 0 bridgehead atoms. The molecule has 38 heavy (non-hydrogen) atoms. The van der Waals surface area contributed by atoms with Crippen LogP contribution in [0.4, 0.5) is 4.39 Å². The molecule has 0 radical (unpaired) electrons. The lowest BCUT2D eigenvalue weighted by Crippen LogP contribution is -2.50. The lowest BCUT2D eigenvalue weighted by atomic mass is 9.96. The zero-order valence-corrected chi connectivity index (χ0v) is 21.6. The molecular formula is C25H25FN8O3S. The van der Waals surface area contributed by atoms with Crippen molar-refractivity contribution >= 4 is 20.9 Å². The largest absolute Gasteiger partial charge is 0.364 e. The highest BCUT2D eigenvalue weighted by atomic mass is 32.2. The van der Waals surface area contributed by atoms with Crippen LogP contribution in [0.25, 0.3) is 16.6 Å². The Kier molecular flexibility index (Phi) is 6.05. The summed E-state index contributed by atoms with van der Waals surface area (Å²) in [5, 5.41) is 17.4. The van der Waals surface area contributed by atoms with Crippen LogP contribution in [0.15, 0.2) is 70.7 Å². The van der Waals surface area contributed by atoms with E-state index in [4.69, 9.17) is 4.52 Å². The van der Waals surface area contributed by atoms with Crippen molar-refractivity contribution < 1.29 is 17.3 Å². The summed E-state index contributed by atoms with van der Waals surface area (Å²) in [7, 11) is -2.24. The van der Waals surface area contributed by atoms with E-state index in [1.54, 1.807) is 30.1 Å². The number of piperazine rings is 1. The van der Waals surface area contributed by atoms with Crippen molar-refractivity contribution in [3.63, 3.8) is 0 Å². The van der Waals surface area contributed by atoms with Gasteiger partial charge < -0.3 is 4.52 Å². The van der Waals surface area contributed by atoms with Crippen LogP contribution in [0.5, 0.6) is 0 Å². The lowest BCUT2D eigenvalue weighted by Gasteiger charge is -2.41. The molecule has 1 saturated heterocycles. The Hall–Kier alpha value is -3.94. The van der Waals surface area contributed by atoms with Crippen LogP contribution >= 0.6 is 0 Å². The van der Waals surface area contributed by atoms with Crippen LogP contribution < -0.4 is 0 Å². The number of benzene rings is 2. The van der Waals surface area contributed by atoms with Gasteiger partial charge in [-0.2, -0.15) is 19.3 Å². The normalized spacial score (nSPS) is 17.4. The first kappa shape index (κ1) is 24.4.